The molecule has 0 aromatic heterocycles. The molecule has 0 spiro atoms. The van der Waals surface area contributed by atoms with Gasteiger partial charge in [-0.05, 0) is 65.8 Å². The number of rotatable bonds is 9. The number of halogens is 4. The van der Waals surface area contributed by atoms with E-state index in [-0.39, 0.29) is 24.2 Å². The van der Waals surface area contributed by atoms with Gasteiger partial charge in [0.2, 0.25) is 0 Å². The van der Waals surface area contributed by atoms with Gasteiger partial charge in [0.05, 0.1) is 16.9 Å². The highest BCUT2D eigenvalue weighted by atomic mass is 127. The molecule has 2 aromatic carbocycles. The van der Waals surface area contributed by atoms with Gasteiger partial charge in [-0.3, -0.25) is 9.59 Å². The molecule has 3 N–H and O–H groups in total. The van der Waals surface area contributed by atoms with E-state index in [0.29, 0.717) is 22.8 Å². The van der Waals surface area contributed by atoms with Crippen molar-refractivity contribution in [1.29, 1.82) is 0 Å². The summed E-state index contributed by atoms with van der Waals surface area (Å²) < 4.78 is 42.6. The summed E-state index contributed by atoms with van der Waals surface area (Å²) in [5.41, 5.74) is -0.710. The molecule has 0 heterocycles. The Bertz CT molecular complexity index is 878. The fraction of sp³-hybridized carbons (Fsp3) is 0.263. The van der Waals surface area contributed by atoms with Gasteiger partial charge < -0.3 is 15.7 Å². The van der Waals surface area contributed by atoms with E-state index in [1.807, 2.05) is 22.6 Å². The van der Waals surface area contributed by atoms with Crippen LogP contribution >= 0.6 is 22.6 Å². The molecule has 2 aromatic rings. The van der Waals surface area contributed by atoms with Crippen LogP contribution in [0.1, 0.15) is 36.0 Å². The number of nitrogens with one attached hydrogen (secondary N) is 2. The first-order valence-corrected chi connectivity index (χ1v) is 9.57. The first kappa shape index (κ1) is 22.0. The van der Waals surface area contributed by atoms with Crippen LogP contribution in [0.15, 0.2) is 30.3 Å². The lowest BCUT2D eigenvalue weighted by Crippen LogP contribution is -2.25. The number of carbonyl (C=O) groups excluding carboxylic acids is 1. The minimum atomic E-state index is -1.29. The molecule has 0 atom stereocenters. The van der Waals surface area contributed by atoms with Crippen molar-refractivity contribution in [3.8, 4) is 0 Å². The van der Waals surface area contributed by atoms with E-state index in [2.05, 4.69) is 10.6 Å². The smallest absolute Gasteiger partial charge is 0.303 e. The molecule has 0 radical (unpaired) electrons. The van der Waals surface area contributed by atoms with Gasteiger partial charge >= 0.3 is 5.97 Å². The molecule has 0 aliphatic heterocycles. The van der Waals surface area contributed by atoms with E-state index in [9.17, 15) is 22.8 Å². The third-order valence-electron chi connectivity index (χ3n) is 3.88. The minimum Gasteiger partial charge on any atom is -0.481 e. The summed E-state index contributed by atoms with van der Waals surface area (Å²) in [6.45, 7) is 0.245. The van der Waals surface area contributed by atoms with E-state index in [1.54, 1.807) is 6.07 Å². The van der Waals surface area contributed by atoms with Gasteiger partial charge in [-0.25, -0.2) is 13.2 Å². The van der Waals surface area contributed by atoms with E-state index in [1.165, 1.54) is 12.1 Å². The summed E-state index contributed by atoms with van der Waals surface area (Å²) in [4.78, 5) is 22.8. The maximum Gasteiger partial charge on any atom is 0.303 e. The van der Waals surface area contributed by atoms with Crippen molar-refractivity contribution in [2.75, 3.05) is 11.9 Å². The Morgan fingerprint density at radius 1 is 1.00 bits per heavy atom. The molecule has 0 saturated heterocycles. The number of aliphatic carboxylic acids is 1. The van der Waals surface area contributed by atoms with E-state index in [4.69, 9.17) is 5.11 Å². The first-order chi connectivity index (χ1) is 13.3. The van der Waals surface area contributed by atoms with E-state index >= 15 is 0 Å². The zero-order chi connectivity index (χ0) is 20.7. The monoisotopic (exact) mass is 506 g/mol. The summed E-state index contributed by atoms with van der Waals surface area (Å²) in [5.74, 6) is -4.65. The number of amides is 1. The van der Waals surface area contributed by atoms with Gasteiger partial charge in [0.25, 0.3) is 5.91 Å². The number of hydrogen-bond acceptors (Lipinski definition) is 3. The second-order valence-corrected chi connectivity index (χ2v) is 7.24. The van der Waals surface area contributed by atoms with Gasteiger partial charge in [0.15, 0.2) is 11.6 Å². The van der Waals surface area contributed by atoms with Crippen LogP contribution in [-0.2, 0) is 4.79 Å². The molecule has 28 heavy (non-hydrogen) atoms. The second kappa shape index (κ2) is 10.3. The third-order valence-corrected chi connectivity index (χ3v) is 4.55. The molecule has 0 fully saturated rings. The van der Waals surface area contributed by atoms with Gasteiger partial charge in [-0.2, -0.15) is 0 Å². The van der Waals surface area contributed by atoms with Gasteiger partial charge in [-0.15, -0.1) is 0 Å². The predicted molar refractivity (Wildman–Crippen MR) is 107 cm³/mol. The fourth-order valence-electron chi connectivity index (χ4n) is 2.46. The third kappa shape index (κ3) is 6.11. The van der Waals surface area contributed by atoms with Gasteiger partial charge in [0.1, 0.15) is 5.82 Å². The minimum absolute atomic E-state index is 0.0484. The molecule has 0 unspecified atom stereocenters. The molecular formula is C19H18F3IN2O3. The molecule has 5 nitrogen and oxygen atoms in total. The Morgan fingerprint density at radius 3 is 2.43 bits per heavy atom. The Morgan fingerprint density at radius 2 is 1.75 bits per heavy atom. The van der Waals surface area contributed by atoms with E-state index in [0.717, 1.165) is 12.1 Å². The molecule has 0 aliphatic rings. The van der Waals surface area contributed by atoms with E-state index < -0.39 is 35.0 Å². The average Bonchev–Trinajstić information content (AvgIpc) is 2.63. The average molecular weight is 506 g/mol. The number of carboxylic acid groups (broad SMARTS) is 1. The number of hydrogen-bond donors (Lipinski definition) is 3. The van der Waals surface area contributed by atoms with Crippen molar-refractivity contribution in [3.05, 3.63) is 56.9 Å². The summed E-state index contributed by atoms with van der Waals surface area (Å²) in [6.07, 6.45) is 1.67. The first-order valence-electron chi connectivity index (χ1n) is 8.49. The number of unbranched alkanes of at least 4 members (excludes halogenated alkanes) is 2. The highest BCUT2D eigenvalue weighted by Gasteiger charge is 2.20. The maximum atomic E-state index is 14.3. The molecule has 0 saturated carbocycles. The Labute approximate surface area is 173 Å². The fourth-order valence-corrected chi connectivity index (χ4v) is 2.92. The van der Waals surface area contributed by atoms with Crippen LogP contribution < -0.4 is 10.6 Å². The van der Waals surface area contributed by atoms with Crippen molar-refractivity contribution >= 4 is 45.8 Å². The topological polar surface area (TPSA) is 78.4 Å². The van der Waals surface area contributed by atoms with Gasteiger partial charge in [0, 0.05) is 16.5 Å². The summed E-state index contributed by atoms with van der Waals surface area (Å²) in [7, 11) is 0. The highest BCUT2D eigenvalue weighted by Crippen LogP contribution is 2.28. The second-order valence-electron chi connectivity index (χ2n) is 5.99. The van der Waals surface area contributed by atoms with Crippen molar-refractivity contribution in [1.82, 2.24) is 5.32 Å². The number of carbonyl (C=O) groups is 2. The predicted octanol–water partition coefficient (Wildman–Crippen LogP) is 4.83. The standard InChI is InChI=1S/C19H18F3IN2O3/c20-13-7-6-12(19(28)24-9-3-1-2-4-16(26)27)18(17(13)22)25-15-8-5-11(23)10-14(15)21/h5-8,10,25H,1-4,9H2,(H,24,28)(H,26,27). The number of anilines is 2. The van der Waals surface area contributed by atoms with Gasteiger partial charge in [-0.1, -0.05) is 6.42 Å². The lowest BCUT2D eigenvalue weighted by Gasteiger charge is -2.14. The maximum absolute atomic E-state index is 14.3. The molecule has 0 bridgehead atoms. The summed E-state index contributed by atoms with van der Waals surface area (Å²) >= 11 is 1.91. The van der Waals surface area contributed by atoms with Crippen molar-refractivity contribution in [2.24, 2.45) is 0 Å². The lowest BCUT2D eigenvalue weighted by molar-refractivity contribution is -0.137. The van der Waals surface area contributed by atoms with Crippen LogP contribution in [0.2, 0.25) is 0 Å². The number of benzene rings is 2. The molecule has 1 amide bonds. The van der Waals surface area contributed by atoms with Crippen LogP contribution in [-0.4, -0.2) is 23.5 Å². The lowest BCUT2D eigenvalue weighted by atomic mass is 10.1. The molecule has 0 aliphatic carbocycles. The zero-order valence-corrected chi connectivity index (χ0v) is 16.9. The summed E-state index contributed by atoms with van der Waals surface area (Å²) in [6, 6.07) is 6.11. The highest BCUT2D eigenvalue weighted by molar-refractivity contribution is 14.1. The van der Waals surface area contributed by atoms with Crippen molar-refractivity contribution in [2.45, 2.75) is 25.7 Å². The zero-order valence-electron chi connectivity index (χ0n) is 14.7. The Balaban J connectivity index is 2.10. The van der Waals surface area contributed by atoms with Crippen LogP contribution in [0.5, 0.6) is 0 Å². The Kier molecular flexibility index (Phi) is 8.09. The quantitative estimate of drug-likeness (QED) is 0.337. The van der Waals surface area contributed by atoms with Crippen LogP contribution in [0, 0.1) is 21.0 Å². The molecule has 150 valence electrons. The van der Waals surface area contributed by atoms with Crippen molar-refractivity contribution in [3.63, 3.8) is 0 Å². The van der Waals surface area contributed by atoms with Crippen LogP contribution in [0.4, 0.5) is 24.5 Å². The summed E-state index contributed by atoms with van der Waals surface area (Å²) in [5, 5.41) is 13.6. The number of carboxylic acids is 1. The normalized spacial score (nSPS) is 10.6. The molecule has 2 rings (SSSR count). The van der Waals surface area contributed by atoms with Crippen LogP contribution in [0.3, 0.4) is 0 Å². The largest absolute Gasteiger partial charge is 0.481 e. The van der Waals surface area contributed by atoms with Crippen LogP contribution in [0.25, 0.3) is 0 Å². The van der Waals surface area contributed by atoms with Crippen molar-refractivity contribution < 1.29 is 27.9 Å². The SMILES string of the molecule is O=C(O)CCCCCNC(=O)c1ccc(F)c(F)c1Nc1ccc(I)cc1F. The molecular weight excluding hydrogens is 488 g/mol. The molecule has 9 heteroatoms. The Hall–Kier alpha value is -2.30.